The van der Waals surface area contributed by atoms with Crippen LogP contribution >= 0.6 is 0 Å². The third-order valence-corrected chi connectivity index (χ3v) is 4.18. The SMILES string of the molecule is CC1=NC2C(=O)N(C3CC3)C(=O)C2=Cc2ccc(F)cc21. The Balaban J connectivity index is 1.88. The number of amides is 2. The molecule has 2 fully saturated rings. The maximum Gasteiger partial charge on any atom is 0.259 e. The quantitative estimate of drug-likeness (QED) is 0.740. The molecule has 3 aliphatic rings. The highest BCUT2D eigenvalue weighted by molar-refractivity contribution is 6.21. The number of benzene rings is 1. The lowest BCUT2D eigenvalue weighted by atomic mass is 10.0. The van der Waals surface area contributed by atoms with Gasteiger partial charge in [0, 0.05) is 17.3 Å². The Labute approximate surface area is 121 Å². The van der Waals surface area contributed by atoms with E-state index < -0.39 is 6.04 Å². The summed E-state index contributed by atoms with van der Waals surface area (Å²) in [5.74, 6) is -0.853. The van der Waals surface area contributed by atoms with Gasteiger partial charge in [0.1, 0.15) is 5.82 Å². The smallest absolute Gasteiger partial charge is 0.259 e. The van der Waals surface area contributed by atoms with Crippen LogP contribution in [0.3, 0.4) is 0 Å². The fraction of sp³-hybridized carbons (Fsp3) is 0.312. The normalized spacial score (nSPS) is 24.3. The molecule has 21 heavy (non-hydrogen) atoms. The van der Waals surface area contributed by atoms with Gasteiger partial charge in [0.25, 0.3) is 11.8 Å². The van der Waals surface area contributed by atoms with Gasteiger partial charge in [-0.05, 0) is 43.5 Å². The molecule has 0 spiro atoms. The zero-order valence-electron chi connectivity index (χ0n) is 11.5. The Bertz CT molecular complexity index is 747. The summed E-state index contributed by atoms with van der Waals surface area (Å²) in [6.07, 6.45) is 3.44. The molecular weight excluding hydrogens is 271 g/mol. The van der Waals surface area contributed by atoms with Crippen LogP contribution in [0.25, 0.3) is 6.08 Å². The number of nitrogens with zero attached hydrogens (tertiary/aromatic N) is 2. The minimum absolute atomic E-state index is 0.0426. The largest absolute Gasteiger partial charge is 0.273 e. The van der Waals surface area contributed by atoms with Crippen LogP contribution in [0.4, 0.5) is 4.39 Å². The lowest BCUT2D eigenvalue weighted by molar-refractivity contribution is -0.138. The summed E-state index contributed by atoms with van der Waals surface area (Å²) >= 11 is 0. The number of halogens is 1. The van der Waals surface area contributed by atoms with E-state index in [0.717, 1.165) is 18.4 Å². The molecular formula is C16H13FN2O2. The fourth-order valence-electron chi connectivity index (χ4n) is 2.96. The average Bonchev–Trinajstić information content (AvgIpc) is 3.25. The maximum absolute atomic E-state index is 13.4. The third-order valence-electron chi connectivity index (χ3n) is 4.18. The number of carbonyl (C=O) groups is 2. The van der Waals surface area contributed by atoms with Crippen molar-refractivity contribution in [1.29, 1.82) is 0 Å². The number of fused-ring (bicyclic) bond motifs is 2. The first-order chi connectivity index (χ1) is 10.1. The summed E-state index contributed by atoms with van der Waals surface area (Å²) in [6, 6.07) is 3.63. The standard InChI is InChI=1S/C16H13FN2O2/c1-8-12-7-10(17)3-2-9(12)6-13-14(18-8)16(21)19(15(13)20)11-4-5-11/h2-3,6-7,11,14H,4-5H2,1H3. The highest BCUT2D eigenvalue weighted by atomic mass is 19.1. The molecule has 4 nitrogen and oxygen atoms in total. The first-order valence-corrected chi connectivity index (χ1v) is 6.99. The molecule has 106 valence electrons. The highest BCUT2D eigenvalue weighted by Gasteiger charge is 2.49. The Hall–Kier alpha value is -2.30. The van der Waals surface area contributed by atoms with E-state index >= 15 is 0 Å². The topological polar surface area (TPSA) is 49.7 Å². The Morgan fingerprint density at radius 2 is 2.05 bits per heavy atom. The van der Waals surface area contributed by atoms with E-state index in [4.69, 9.17) is 0 Å². The van der Waals surface area contributed by atoms with Crippen LogP contribution in [0.1, 0.15) is 30.9 Å². The highest BCUT2D eigenvalue weighted by Crippen LogP contribution is 2.37. The number of hydrogen-bond acceptors (Lipinski definition) is 3. The van der Waals surface area contributed by atoms with Crippen molar-refractivity contribution >= 4 is 23.6 Å². The minimum Gasteiger partial charge on any atom is -0.273 e. The van der Waals surface area contributed by atoms with E-state index in [0.29, 0.717) is 16.8 Å². The van der Waals surface area contributed by atoms with Gasteiger partial charge in [-0.15, -0.1) is 0 Å². The first-order valence-electron chi connectivity index (χ1n) is 6.99. The summed E-state index contributed by atoms with van der Waals surface area (Å²) in [7, 11) is 0. The van der Waals surface area contributed by atoms with Crippen LogP contribution in [0, 0.1) is 5.82 Å². The van der Waals surface area contributed by atoms with Gasteiger partial charge in [0.05, 0.1) is 5.57 Å². The number of hydrogen-bond donors (Lipinski definition) is 0. The number of likely N-dealkylation sites (tertiary alicyclic amines) is 1. The van der Waals surface area contributed by atoms with Gasteiger partial charge in [-0.2, -0.15) is 0 Å². The second-order valence-corrected chi connectivity index (χ2v) is 5.69. The first kappa shape index (κ1) is 12.4. The molecule has 0 aromatic heterocycles. The van der Waals surface area contributed by atoms with Crippen LogP contribution in [0.5, 0.6) is 0 Å². The van der Waals surface area contributed by atoms with Gasteiger partial charge in [-0.25, -0.2) is 4.39 Å². The summed E-state index contributed by atoms with van der Waals surface area (Å²) in [5.41, 5.74) is 2.35. The monoisotopic (exact) mass is 284 g/mol. The van der Waals surface area contributed by atoms with Gasteiger partial charge in [0.15, 0.2) is 6.04 Å². The average molecular weight is 284 g/mol. The summed E-state index contributed by atoms with van der Waals surface area (Å²) in [4.78, 5) is 30.6. The predicted molar refractivity (Wildman–Crippen MR) is 75.3 cm³/mol. The van der Waals surface area contributed by atoms with Crippen molar-refractivity contribution in [3.05, 3.63) is 40.7 Å². The Morgan fingerprint density at radius 1 is 1.29 bits per heavy atom. The molecule has 5 heteroatoms. The molecule has 2 heterocycles. The van der Waals surface area contributed by atoms with Crippen molar-refractivity contribution in [1.82, 2.24) is 4.90 Å². The van der Waals surface area contributed by atoms with Gasteiger partial charge in [-0.3, -0.25) is 19.5 Å². The van der Waals surface area contributed by atoms with Crippen LogP contribution in [0.2, 0.25) is 0 Å². The van der Waals surface area contributed by atoms with Crippen LogP contribution in [-0.4, -0.2) is 34.5 Å². The molecule has 1 aliphatic carbocycles. The van der Waals surface area contributed by atoms with Gasteiger partial charge in [-0.1, -0.05) is 6.07 Å². The minimum atomic E-state index is -0.770. The molecule has 1 unspecified atom stereocenters. The van der Waals surface area contributed by atoms with Crippen LogP contribution < -0.4 is 0 Å². The van der Waals surface area contributed by atoms with Crippen molar-refractivity contribution in [2.75, 3.05) is 0 Å². The number of carbonyl (C=O) groups excluding carboxylic acids is 2. The van der Waals surface area contributed by atoms with Gasteiger partial charge < -0.3 is 0 Å². The lowest BCUT2D eigenvalue weighted by Gasteiger charge is -2.12. The van der Waals surface area contributed by atoms with Gasteiger partial charge in [0.2, 0.25) is 0 Å². The summed E-state index contributed by atoms with van der Waals surface area (Å²) in [5, 5.41) is 0. The molecule has 2 aliphatic heterocycles. The molecule has 4 rings (SSSR count). The molecule has 1 saturated heterocycles. The zero-order chi connectivity index (χ0) is 14.7. The number of aliphatic imine (C=N–C) groups is 1. The molecule has 1 saturated carbocycles. The van der Waals surface area contributed by atoms with E-state index in [1.54, 1.807) is 19.1 Å². The molecule has 1 aromatic rings. The Kier molecular flexibility index (Phi) is 2.43. The van der Waals surface area contributed by atoms with E-state index in [1.807, 2.05) is 0 Å². The van der Waals surface area contributed by atoms with Crippen LogP contribution in [-0.2, 0) is 9.59 Å². The third kappa shape index (κ3) is 1.77. The van der Waals surface area contributed by atoms with E-state index in [9.17, 15) is 14.0 Å². The summed E-state index contributed by atoms with van der Waals surface area (Å²) < 4.78 is 13.4. The van der Waals surface area contributed by atoms with Crippen LogP contribution in [0.15, 0.2) is 28.8 Å². The molecule has 0 N–H and O–H groups in total. The van der Waals surface area contributed by atoms with Crippen molar-refractivity contribution in [2.24, 2.45) is 4.99 Å². The second kappa shape index (κ2) is 4.10. The van der Waals surface area contributed by atoms with E-state index in [2.05, 4.69) is 4.99 Å². The number of imide groups is 1. The molecule has 0 radical (unpaired) electrons. The van der Waals surface area contributed by atoms with Crippen molar-refractivity contribution < 1.29 is 14.0 Å². The van der Waals surface area contributed by atoms with Crippen molar-refractivity contribution in [2.45, 2.75) is 31.8 Å². The fourth-order valence-corrected chi connectivity index (χ4v) is 2.96. The molecule has 2 amide bonds. The number of rotatable bonds is 1. The molecule has 1 aromatic carbocycles. The maximum atomic E-state index is 13.4. The van der Waals surface area contributed by atoms with E-state index in [-0.39, 0.29) is 23.7 Å². The van der Waals surface area contributed by atoms with Crippen molar-refractivity contribution in [3.63, 3.8) is 0 Å². The van der Waals surface area contributed by atoms with Crippen molar-refractivity contribution in [3.8, 4) is 0 Å². The zero-order valence-corrected chi connectivity index (χ0v) is 11.5. The van der Waals surface area contributed by atoms with Gasteiger partial charge >= 0.3 is 0 Å². The molecule has 0 bridgehead atoms. The summed E-state index contributed by atoms with van der Waals surface area (Å²) in [6.45, 7) is 1.74. The predicted octanol–water partition coefficient (Wildman–Crippen LogP) is 1.93. The lowest BCUT2D eigenvalue weighted by Crippen LogP contribution is -2.33. The molecule has 1 atom stereocenters. The van der Waals surface area contributed by atoms with E-state index in [1.165, 1.54) is 17.0 Å². The second-order valence-electron chi connectivity index (χ2n) is 5.69. The Morgan fingerprint density at radius 3 is 2.76 bits per heavy atom.